The molecule has 2 fully saturated rings. The molecule has 1 aliphatic heterocycles. The number of benzene rings is 1. The average Bonchev–Trinajstić information content (AvgIpc) is 3.37. The minimum absolute atomic E-state index is 0. The molecular weight excluding hydrogens is 467 g/mol. The van der Waals surface area contributed by atoms with Gasteiger partial charge in [0, 0.05) is 44.7 Å². The molecular formula is C21H33IN4O2. The number of carbonyl (C=O) groups excluding carboxylic acids is 1. The molecule has 0 bridgehead atoms. The number of para-hydroxylation sites is 1. The summed E-state index contributed by atoms with van der Waals surface area (Å²) in [6.45, 7) is 4.13. The summed E-state index contributed by atoms with van der Waals surface area (Å²) in [6, 6.07) is 8.47. The van der Waals surface area contributed by atoms with Crippen LogP contribution in [0, 0.1) is 0 Å². The molecule has 1 heterocycles. The summed E-state index contributed by atoms with van der Waals surface area (Å²) in [7, 11) is 1.78. The lowest BCUT2D eigenvalue weighted by Gasteiger charge is -2.20. The van der Waals surface area contributed by atoms with Gasteiger partial charge in [-0.1, -0.05) is 25.1 Å². The molecule has 1 amide bonds. The first kappa shape index (κ1) is 22.8. The monoisotopic (exact) mass is 500 g/mol. The minimum atomic E-state index is 0. The fraction of sp³-hybridized carbons (Fsp3) is 0.619. The van der Waals surface area contributed by atoms with Gasteiger partial charge < -0.3 is 20.3 Å². The van der Waals surface area contributed by atoms with E-state index in [2.05, 4.69) is 27.8 Å². The number of likely N-dealkylation sites (tertiary alicyclic amines) is 1. The van der Waals surface area contributed by atoms with Crippen LogP contribution in [0.1, 0.15) is 51.0 Å². The van der Waals surface area contributed by atoms with Gasteiger partial charge in [-0.05, 0) is 38.2 Å². The highest BCUT2D eigenvalue weighted by Crippen LogP contribution is 2.26. The van der Waals surface area contributed by atoms with E-state index in [1.807, 2.05) is 24.0 Å². The van der Waals surface area contributed by atoms with Crippen molar-refractivity contribution >= 4 is 35.8 Å². The van der Waals surface area contributed by atoms with Gasteiger partial charge in [0.15, 0.2) is 5.96 Å². The van der Waals surface area contributed by atoms with Crippen LogP contribution in [0.2, 0.25) is 0 Å². The van der Waals surface area contributed by atoms with Gasteiger partial charge in [0.1, 0.15) is 5.75 Å². The molecule has 1 unspecified atom stereocenters. The van der Waals surface area contributed by atoms with Gasteiger partial charge in [0.2, 0.25) is 5.91 Å². The van der Waals surface area contributed by atoms with Crippen LogP contribution in [0.25, 0.3) is 0 Å². The van der Waals surface area contributed by atoms with Crippen LogP contribution in [0.15, 0.2) is 29.3 Å². The Morgan fingerprint density at radius 1 is 1.25 bits per heavy atom. The molecule has 156 valence electrons. The molecule has 0 radical (unpaired) electrons. The summed E-state index contributed by atoms with van der Waals surface area (Å²) in [5.41, 5.74) is 1.14. The Kier molecular flexibility index (Phi) is 9.34. The van der Waals surface area contributed by atoms with Crippen molar-refractivity contribution in [1.82, 2.24) is 15.5 Å². The molecule has 2 aliphatic rings. The van der Waals surface area contributed by atoms with Crippen LogP contribution in [0.4, 0.5) is 0 Å². The van der Waals surface area contributed by atoms with Gasteiger partial charge in [-0.15, -0.1) is 24.0 Å². The van der Waals surface area contributed by atoms with E-state index in [1.165, 1.54) is 12.8 Å². The van der Waals surface area contributed by atoms with Gasteiger partial charge >= 0.3 is 0 Å². The van der Waals surface area contributed by atoms with Crippen molar-refractivity contribution in [3.63, 3.8) is 0 Å². The first-order chi connectivity index (χ1) is 13.2. The number of halogens is 1. The molecule has 2 N–H and O–H groups in total. The number of hydrogen-bond donors (Lipinski definition) is 2. The fourth-order valence-electron chi connectivity index (χ4n) is 3.85. The standard InChI is InChI=1S/C21H32N4O2.HI/c1-3-20(26)25-13-12-17(15-25)24-21(22-2)23-14-16-8-4-7-11-19(16)27-18-9-5-6-10-18;/h4,7-8,11,17-18H,3,5-6,9-10,12-15H2,1-2H3,(H2,22,23,24);1H. The van der Waals surface area contributed by atoms with Gasteiger partial charge in [-0.2, -0.15) is 0 Å². The zero-order valence-corrected chi connectivity index (χ0v) is 19.3. The summed E-state index contributed by atoms with van der Waals surface area (Å²) in [4.78, 5) is 18.1. The van der Waals surface area contributed by atoms with Crippen LogP contribution in [0.3, 0.4) is 0 Å². The highest BCUT2D eigenvalue weighted by molar-refractivity contribution is 14.0. The van der Waals surface area contributed by atoms with Gasteiger partial charge in [0.25, 0.3) is 0 Å². The molecule has 7 heteroatoms. The van der Waals surface area contributed by atoms with E-state index in [0.29, 0.717) is 19.1 Å². The number of nitrogens with zero attached hydrogens (tertiary/aromatic N) is 2. The maximum atomic E-state index is 11.8. The second kappa shape index (κ2) is 11.5. The lowest BCUT2D eigenvalue weighted by molar-refractivity contribution is -0.129. The van der Waals surface area contributed by atoms with Crippen molar-refractivity contribution in [2.45, 2.75) is 64.1 Å². The minimum Gasteiger partial charge on any atom is -0.490 e. The highest BCUT2D eigenvalue weighted by atomic mass is 127. The number of nitrogens with one attached hydrogen (secondary N) is 2. The zero-order valence-electron chi connectivity index (χ0n) is 16.9. The number of carbonyl (C=O) groups is 1. The van der Waals surface area contributed by atoms with E-state index >= 15 is 0 Å². The predicted octanol–water partition coefficient (Wildman–Crippen LogP) is 3.30. The zero-order chi connectivity index (χ0) is 19.1. The number of rotatable bonds is 6. The molecule has 1 aromatic carbocycles. The van der Waals surface area contributed by atoms with Crippen LogP contribution in [0.5, 0.6) is 5.75 Å². The number of amides is 1. The lowest BCUT2D eigenvalue weighted by atomic mass is 10.2. The van der Waals surface area contributed by atoms with Crippen molar-refractivity contribution in [3.05, 3.63) is 29.8 Å². The summed E-state index contributed by atoms with van der Waals surface area (Å²) in [5, 5.41) is 6.83. The van der Waals surface area contributed by atoms with Crippen LogP contribution >= 0.6 is 24.0 Å². The smallest absolute Gasteiger partial charge is 0.222 e. The first-order valence-electron chi connectivity index (χ1n) is 10.2. The van der Waals surface area contributed by atoms with Crippen molar-refractivity contribution in [2.75, 3.05) is 20.1 Å². The van der Waals surface area contributed by atoms with Gasteiger partial charge in [-0.3, -0.25) is 9.79 Å². The van der Waals surface area contributed by atoms with Gasteiger partial charge in [0.05, 0.1) is 6.10 Å². The van der Waals surface area contributed by atoms with Crippen molar-refractivity contribution in [1.29, 1.82) is 0 Å². The molecule has 1 aliphatic carbocycles. The largest absolute Gasteiger partial charge is 0.490 e. The Balaban J connectivity index is 0.00000280. The second-order valence-electron chi connectivity index (χ2n) is 7.38. The molecule has 1 saturated heterocycles. The molecule has 3 rings (SSSR count). The van der Waals surface area contributed by atoms with Crippen LogP contribution in [-0.2, 0) is 11.3 Å². The third-order valence-corrected chi connectivity index (χ3v) is 5.42. The Morgan fingerprint density at radius 3 is 2.71 bits per heavy atom. The van der Waals surface area contributed by atoms with Gasteiger partial charge in [-0.25, -0.2) is 0 Å². The molecule has 28 heavy (non-hydrogen) atoms. The second-order valence-corrected chi connectivity index (χ2v) is 7.38. The Hall–Kier alpha value is -1.51. The lowest BCUT2D eigenvalue weighted by Crippen LogP contribution is -2.44. The van der Waals surface area contributed by atoms with E-state index in [4.69, 9.17) is 4.74 Å². The normalized spacial score (nSPS) is 20.0. The Morgan fingerprint density at radius 2 is 2.00 bits per heavy atom. The topological polar surface area (TPSA) is 66.0 Å². The molecule has 0 spiro atoms. The summed E-state index contributed by atoms with van der Waals surface area (Å²) in [5.74, 6) is 1.95. The average molecular weight is 500 g/mol. The van der Waals surface area contributed by atoms with E-state index in [0.717, 1.165) is 49.6 Å². The number of hydrogen-bond acceptors (Lipinski definition) is 3. The fourth-order valence-corrected chi connectivity index (χ4v) is 3.85. The maximum absolute atomic E-state index is 11.8. The summed E-state index contributed by atoms with van der Waals surface area (Å²) in [6.07, 6.45) is 6.70. The summed E-state index contributed by atoms with van der Waals surface area (Å²) < 4.78 is 6.21. The van der Waals surface area contributed by atoms with E-state index in [-0.39, 0.29) is 35.9 Å². The Labute approximate surface area is 185 Å². The maximum Gasteiger partial charge on any atom is 0.222 e. The third-order valence-electron chi connectivity index (χ3n) is 5.42. The molecule has 0 aromatic heterocycles. The highest BCUT2D eigenvalue weighted by Gasteiger charge is 2.25. The van der Waals surface area contributed by atoms with Crippen molar-refractivity contribution in [3.8, 4) is 5.75 Å². The Bertz CT molecular complexity index is 662. The van der Waals surface area contributed by atoms with E-state index in [9.17, 15) is 4.79 Å². The van der Waals surface area contributed by atoms with Crippen LogP contribution < -0.4 is 15.4 Å². The quantitative estimate of drug-likeness (QED) is 0.358. The molecule has 1 saturated carbocycles. The third kappa shape index (κ3) is 6.25. The summed E-state index contributed by atoms with van der Waals surface area (Å²) >= 11 is 0. The number of aliphatic imine (C=N–C) groups is 1. The van der Waals surface area contributed by atoms with Crippen LogP contribution in [-0.4, -0.2) is 49.0 Å². The molecule has 6 nitrogen and oxygen atoms in total. The number of guanidine groups is 1. The van der Waals surface area contributed by atoms with E-state index in [1.54, 1.807) is 7.05 Å². The SMILES string of the molecule is CCC(=O)N1CCC(NC(=NC)NCc2ccccc2OC2CCCC2)C1.I. The van der Waals surface area contributed by atoms with E-state index < -0.39 is 0 Å². The molecule has 1 aromatic rings. The number of ether oxygens (including phenoxy) is 1. The van der Waals surface area contributed by atoms with Crippen molar-refractivity contribution in [2.24, 2.45) is 4.99 Å². The molecule has 1 atom stereocenters. The predicted molar refractivity (Wildman–Crippen MR) is 123 cm³/mol. The first-order valence-corrected chi connectivity index (χ1v) is 10.2. The van der Waals surface area contributed by atoms with Crippen molar-refractivity contribution < 1.29 is 9.53 Å².